The first-order chi connectivity index (χ1) is 15.8. The fourth-order valence-electron chi connectivity index (χ4n) is 3.06. The zero-order chi connectivity index (χ0) is 25.6. The lowest BCUT2D eigenvalue weighted by molar-refractivity contribution is -0.139. The van der Waals surface area contributed by atoms with E-state index in [0.717, 1.165) is 27.0 Å². The Morgan fingerprint density at radius 2 is 1.65 bits per heavy atom. The van der Waals surface area contributed by atoms with Gasteiger partial charge in [-0.1, -0.05) is 69.8 Å². The van der Waals surface area contributed by atoms with Crippen molar-refractivity contribution in [3.63, 3.8) is 0 Å². The first-order valence-electron chi connectivity index (χ1n) is 10.3. The van der Waals surface area contributed by atoms with Gasteiger partial charge >= 0.3 is 0 Å². The Morgan fingerprint density at radius 3 is 2.21 bits per heavy atom. The number of benzene rings is 2. The fraction of sp³-hybridized carbons (Fsp3) is 0.364. The second-order valence-electron chi connectivity index (χ2n) is 7.60. The van der Waals surface area contributed by atoms with Crippen molar-refractivity contribution < 1.29 is 18.0 Å². The molecular weight excluding hydrogens is 589 g/mol. The highest BCUT2D eigenvalue weighted by Gasteiger charge is 2.31. The highest BCUT2D eigenvalue weighted by atomic mass is 79.9. The van der Waals surface area contributed by atoms with Gasteiger partial charge in [0.25, 0.3) is 0 Å². The molecule has 0 bridgehead atoms. The molecule has 0 aliphatic heterocycles. The van der Waals surface area contributed by atoms with E-state index >= 15 is 0 Å². The molecule has 186 valence electrons. The number of nitrogens with zero attached hydrogens (tertiary/aromatic N) is 2. The van der Waals surface area contributed by atoms with E-state index in [1.54, 1.807) is 6.92 Å². The first kappa shape index (κ1) is 28.7. The minimum absolute atomic E-state index is 0.0126. The van der Waals surface area contributed by atoms with Crippen molar-refractivity contribution in [2.45, 2.75) is 32.9 Å². The largest absolute Gasteiger partial charge is 0.354 e. The summed E-state index contributed by atoms with van der Waals surface area (Å²) in [4.78, 5) is 27.5. The number of hydrogen-bond donors (Lipinski definition) is 1. The van der Waals surface area contributed by atoms with Gasteiger partial charge in [-0.05, 0) is 43.2 Å². The SMILES string of the molecule is CCCNC(=O)C(C)N(Cc1ccc(Br)cc1)C(=O)CN(c1cc(Cl)c(Cl)cc1Cl)S(C)(=O)=O. The maximum Gasteiger partial charge on any atom is 0.244 e. The lowest BCUT2D eigenvalue weighted by atomic mass is 10.1. The normalized spacial score (nSPS) is 12.2. The topological polar surface area (TPSA) is 86.8 Å². The molecule has 0 aromatic heterocycles. The second-order valence-corrected chi connectivity index (χ2v) is 11.6. The molecular formula is C22H25BrCl3N3O4S. The molecule has 34 heavy (non-hydrogen) atoms. The quantitative estimate of drug-likeness (QED) is 0.377. The summed E-state index contributed by atoms with van der Waals surface area (Å²) in [5.41, 5.74) is 0.781. The Balaban J connectivity index is 2.43. The lowest BCUT2D eigenvalue weighted by Crippen LogP contribution is -2.51. The van der Waals surface area contributed by atoms with Crippen LogP contribution in [0.2, 0.25) is 15.1 Å². The zero-order valence-corrected chi connectivity index (χ0v) is 23.5. The van der Waals surface area contributed by atoms with E-state index in [1.165, 1.54) is 17.0 Å². The highest BCUT2D eigenvalue weighted by Crippen LogP contribution is 2.35. The summed E-state index contributed by atoms with van der Waals surface area (Å²) in [6, 6.07) is 9.00. The first-order valence-corrected chi connectivity index (χ1v) is 14.1. The molecule has 2 aromatic rings. The number of rotatable bonds is 10. The van der Waals surface area contributed by atoms with Crippen LogP contribution in [0.4, 0.5) is 5.69 Å². The number of nitrogens with one attached hydrogen (secondary N) is 1. The summed E-state index contributed by atoms with van der Waals surface area (Å²) in [7, 11) is -3.94. The van der Waals surface area contributed by atoms with Crippen molar-refractivity contribution in [3.05, 3.63) is 61.5 Å². The van der Waals surface area contributed by atoms with Crippen LogP contribution in [0.3, 0.4) is 0 Å². The average Bonchev–Trinajstić information content (AvgIpc) is 2.76. The monoisotopic (exact) mass is 611 g/mol. The summed E-state index contributed by atoms with van der Waals surface area (Å²) in [6.45, 7) is 3.48. The van der Waals surface area contributed by atoms with Gasteiger partial charge in [0.2, 0.25) is 21.8 Å². The van der Waals surface area contributed by atoms with E-state index in [9.17, 15) is 18.0 Å². The number of halogens is 4. The van der Waals surface area contributed by atoms with Crippen molar-refractivity contribution in [2.24, 2.45) is 0 Å². The molecule has 1 unspecified atom stereocenters. The molecule has 0 saturated carbocycles. The standard InChI is InChI=1S/C22H25BrCl3N3O4S/c1-4-9-27-22(31)14(2)28(12-15-5-7-16(23)8-6-15)21(30)13-29(34(3,32)33)20-11-18(25)17(24)10-19(20)26/h5-8,10-11,14H,4,9,12-13H2,1-3H3,(H,27,31). The van der Waals surface area contributed by atoms with Gasteiger partial charge < -0.3 is 10.2 Å². The van der Waals surface area contributed by atoms with Gasteiger partial charge in [0.1, 0.15) is 12.6 Å². The summed E-state index contributed by atoms with van der Waals surface area (Å²) >= 11 is 21.7. The van der Waals surface area contributed by atoms with Crippen molar-refractivity contribution in [2.75, 3.05) is 23.7 Å². The van der Waals surface area contributed by atoms with Crippen LogP contribution in [0.5, 0.6) is 0 Å². The molecule has 1 N–H and O–H groups in total. The molecule has 12 heteroatoms. The maximum atomic E-state index is 13.5. The number of amides is 2. The highest BCUT2D eigenvalue weighted by molar-refractivity contribution is 9.10. The predicted molar refractivity (Wildman–Crippen MR) is 141 cm³/mol. The molecule has 0 saturated heterocycles. The molecule has 0 aliphatic rings. The van der Waals surface area contributed by atoms with Crippen LogP contribution in [0.1, 0.15) is 25.8 Å². The Bertz CT molecular complexity index is 1150. The average molecular weight is 614 g/mol. The number of carbonyl (C=O) groups is 2. The van der Waals surface area contributed by atoms with Crippen LogP contribution in [-0.4, -0.2) is 50.5 Å². The molecule has 2 aromatic carbocycles. The number of anilines is 1. The zero-order valence-electron chi connectivity index (χ0n) is 18.8. The molecule has 0 spiro atoms. The molecule has 2 rings (SSSR count). The summed E-state index contributed by atoms with van der Waals surface area (Å²) in [5.74, 6) is -0.930. The number of hydrogen-bond acceptors (Lipinski definition) is 4. The van der Waals surface area contributed by atoms with Gasteiger partial charge in [0.15, 0.2) is 0 Å². The number of carbonyl (C=O) groups excluding carboxylic acids is 2. The van der Waals surface area contributed by atoms with Crippen molar-refractivity contribution >= 4 is 78.3 Å². The van der Waals surface area contributed by atoms with Gasteiger partial charge in [-0.25, -0.2) is 8.42 Å². The number of sulfonamides is 1. The Kier molecular flexibility index (Phi) is 10.5. The minimum Gasteiger partial charge on any atom is -0.354 e. The van der Waals surface area contributed by atoms with Gasteiger partial charge in [0.05, 0.1) is 27.0 Å². The molecule has 7 nitrogen and oxygen atoms in total. The predicted octanol–water partition coefficient (Wildman–Crippen LogP) is 5.12. The second kappa shape index (κ2) is 12.4. The van der Waals surface area contributed by atoms with Crippen LogP contribution in [-0.2, 0) is 26.2 Å². The van der Waals surface area contributed by atoms with E-state index in [1.807, 2.05) is 31.2 Å². The Labute approximate surface area is 223 Å². The van der Waals surface area contributed by atoms with Crippen LogP contribution < -0.4 is 9.62 Å². The van der Waals surface area contributed by atoms with Gasteiger partial charge in [0, 0.05) is 17.6 Å². The molecule has 0 heterocycles. The molecule has 2 amide bonds. The van der Waals surface area contributed by atoms with Gasteiger partial charge in [-0.3, -0.25) is 13.9 Å². The molecule has 0 fully saturated rings. The van der Waals surface area contributed by atoms with E-state index in [0.29, 0.717) is 6.54 Å². The fourth-order valence-corrected chi connectivity index (χ4v) is 4.87. The third-order valence-corrected chi connectivity index (χ3v) is 7.60. The lowest BCUT2D eigenvalue weighted by Gasteiger charge is -2.31. The van der Waals surface area contributed by atoms with Crippen LogP contribution in [0.15, 0.2) is 40.9 Å². The van der Waals surface area contributed by atoms with E-state index in [4.69, 9.17) is 34.8 Å². The Morgan fingerprint density at radius 1 is 1.06 bits per heavy atom. The molecule has 0 radical (unpaired) electrons. The van der Waals surface area contributed by atoms with Crippen molar-refractivity contribution in [1.82, 2.24) is 10.2 Å². The summed E-state index contributed by atoms with van der Waals surface area (Å²) in [6.07, 6.45) is 1.69. The molecule has 1 atom stereocenters. The van der Waals surface area contributed by atoms with E-state index in [-0.39, 0.29) is 33.2 Å². The maximum absolute atomic E-state index is 13.5. The van der Waals surface area contributed by atoms with Gasteiger partial charge in [-0.2, -0.15) is 0 Å². The van der Waals surface area contributed by atoms with Crippen LogP contribution in [0, 0.1) is 0 Å². The van der Waals surface area contributed by atoms with Gasteiger partial charge in [-0.15, -0.1) is 0 Å². The van der Waals surface area contributed by atoms with Crippen LogP contribution in [0.25, 0.3) is 0 Å². The van der Waals surface area contributed by atoms with Crippen molar-refractivity contribution in [1.29, 1.82) is 0 Å². The molecule has 0 aliphatic carbocycles. The third-order valence-electron chi connectivity index (χ3n) is 4.92. The smallest absolute Gasteiger partial charge is 0.244 e. The summed E-state index contributed by atoms with van der Waals surface area (Å²) < 4.78 is 26.9. The van der Waals surface area contributed by atoms with E-state index in [2.05, 4.69) is 21.2 Å². The third kappa shape index (κ3) is 7.75. The minimum atomic E-state index is -3.94. The summed E-state index contributed by atoms with van der Waals surface area (Å²) in [5, 5.41) is 3.02. The van der Waals surface area contributed by atoms with Crippen LogP contribution >= 0.6 is 50.7 Å². The van der Waals surface area contributed by atoms with Crippen molar-refractivity contribution in [3.8, 4) is 0 Å². The Hall–Kier alpha value is -1.52. The van der Waals surface area contributed by atoms with E-state index < -0.39 is 28.5 Å².